The summed E-state index contributed by atoms with van der Waals surface area (Å²) in [7, 11) is 0. The van der Waals surface area contributed by atoms with Gasteiger partial charge in [-0.15, -0.1) is 28.1 Å². The van der Waals surface area contributed by atoms with E-state index in [9.17, 15) is 18.0 Å². The summed E-state index contributed by atoms with van der Waals surface area (Å²) in [4.78, 5) is 16.9. The molecule has 13 heteroatoms. The molecule has 0 spiro atoms. The number of hydrogen-bond donors (Lipinski definition) is 1. The SMILES string of the molecule is C=CCn1c(COc2cccc(C(F)(F)F)c2)nnc1SCC(=O)Nc1nc(-c2ccc(Cl)cc2)cs1. The van der Waals surface area contributed by atoms with E-state index < -0.39 is 11.7 Å². The molecule has 0 aliphatic rings. The van der Waals surface area contributed by atoms with Crippen LogP contribution < -0.4 is 10.1 Å². The van der Waals surface area contributed by atoms with Crippen molar-refractivity contribution in [1.82, 2.24) is 19.7 Å². The second-order valence-corrected chi connectivity index (χ2v) is 9.73. The number of nitrogens with zero attached hydrogens (tertiary/aromatic N) is 4. The Hall–Kier alpha value is -3.35. The predicted octanol–water partition coefficient (Wildman–Crippen LogP) is 6.57. The van der Waals surface area contributed by atoms with Crippen molar-refractivity contribution < 1.29 is 22.7 Å². The number of halogens is 4. The van der Waals surface area contributed by atoms with E-state index in [-0.39, 0.29) is 24.0 Å². The number of nitrogens with one attached hydrogen (secondary N) is 1. The van der Waals surface area contributed by atoms with E-state index >= 15 is 0 Å². The molecule has 1 amide bonds. The molecule has 0 bridgehead atoms. The lowest BCUT2D eigenvalue weighted by atomic mass is 10.2. The summed E-state index contributed by atoms with van der Waals surface area (Å²) in [5.74, 6) is 0.197. The Morgan fingerprint density at radius 2 is 2.00 bits per heavy atom. The van der Waals surface area contributed by atoms with E-state index in [0.717, 1.165) is 35.2 Å². The molecular formula is C24H19ClF3N5O2S2. The standard InChI is InChI=1S/C24H19ClF3N5O2S2/c1-2-10-33-20(12-35-18-5-3-4-16(11-18)24(26,27)28)31-32-23(33)37-14-21(34)30-22-29-19(13-36-22)15-6-8-17(25)9-7-15/h2-9,11,13H,1,10,12,14H2,(H,29,30,34). The van der Waals surface area contributed by atoms with Crippen molar-refractivity contribution in [3.05, 3.63) is 83.0 Å². The molecule has 2 heterocycles. The van der Waals surface area contributed by atoms with Crippen LogP contribution in [-0.2, 0) is 24.1 Å². The largest absolute Gasteiger partial charge is 0.486 e. The fourth-order valence-corrected chi connectivity index (χ4v) is 4.75. The summed E-state index contributed by atoms with van der Waals surface area (Å²) in [5, 5.41) is 14.3. The van der Waals surface area contributed by atoms with Crippen LogP contribution in [-0.4, -0.2) is 31.4 Å². The van der Waals surface area contributed by atoms with Crippen LogP contribution in [0.1, 0.15) is 11.4 Å². The number of thiazole rings is 1. The third-order valence-corrected chi connectivity index (χ3v) is 6.83. The molecule has 2 aromatic heterocycles. The zero-order chi connectivity index (χ0) is 26.4. The number of carbonyl (C=O) groups is 1. The van der Waals surface area contributed by atoms with Gasteiger partial charge < -0.3 is 10.1 Å². The van der Waals surface area contributed by atoms with Crippen molar-refractivity contribution in [2.24, 2.45) is 0 Å². The highest BCUT2D eigenvalue weighted by molar-refractivity contribution is 7.99. The highest BCUT2D eigenvalue weighted by atomic mass is 35.5. The molecule has 0 atom stereocenters. The van der Waals surface area contributed by atoms with Crippen LogP contribution in [0, 0.1) is 0 Å². The number of alkyl halides is 3. The van der Waals surface area contributed by atoms with Crippen LogP contribution in [0.2, 0.25) is 5.02 Å². The molecule has 0 saturated heterocycles. The van der Waals surface area contributed by atoms with Crippen molar-refractivity contribution in [3.8, 4) is 17.0 Å². The Labute approximate surface area is 223 Å². The number of ether oxygens (including phenoxy) is 1. The average molecular weight is 566 g/mol. The van der Waals surface area contributed by atoms with Gasteiger partial charge in [0.25, 0.3) is 0 Å². The normalized spacial score (nSPS) is 11.4. The minimum absolute atomic E-state index is 0.0413. The molecular weight excluding hydrogens is 547 g/mol. The van der Waals surface area contributed by atoms with E-state index in [0.29, 0.717) is 27.7 Å². The minimum Gasteiger partial charge on any atom is -0.486 e. The van der Waals surface area contributed by atoms with Gasteiger partial charge in [-0.05, 0) is 30.3 Å². The lowest BCUT2D eigenvalue weighted by Gasteiger charge is -2.11. The minimum atomic E-state index is -4.47. The molecule has 0 radical (unpaired) electrons. The quantitative estimate of drug-likeness (QED) is 0.173. The molecule has 192 valence electrons. The van der Waals surface area contributed by atoms with Crippen LogP contribution in [0.5, 0.6) is 5.75 Å². The van der Waals surface area contributed by atoms with Crippen LogP contribution in [0.3, 0.4) is 0 Å². The van der Waals surface area contributed by atoms with E-state index in [2.05, 4.69) is 27.1 Å². The number of thioether (sulfide) groups is 1. The Kier molecular flexibility index (Phi) is 8.52. The number of benzene rings is 2. The first-order chi connectivity index (χ1) is 17.7. The van der Waals surface area contributed by atoms with Gasteiger partial charge in [0.1, 0.15) is 12.4 Å². The molecule has 0 fully saturated rings. The topological polar surface area (TPSA) is 81.9 Å². The molecule has 0 aliphatic carbocycles. The molecule has 4 rings (SSSR count). The summed E-state index contributed by atoms with van der Waals surface area (Å²) in [5.41, 5.74) is 0.800. The van der Waals surface area contributed by atoms with E-state index in [1.165, 1.54) is 23.5 Å². The molecule has 2 aromatic carbocycles. The van der Waals surface area contributed by atoms with E-state index in [4.69, 9.17) is 16.3 Å². The number of anilines is 1. The second kappa shape index (κ2) is 11.8. The molecule has 0 unspecified atom stereocenters. The number of amides is 1. The predicted molar refractivity (Wildman–Crippen MR) is 138 cm³/mol. The van der Waals surface area contributed by atoms with Gasteiger partial charge in [-0.1, -0.05) is 47.6 Å². The van der Waals surface area contributed by atoms with Crippen LogP contribution in [0.25, 0.3) is 11.3 Å². The van der Waals surface area contributed by atoms with Crippen molar-refractivity contribution >= 4 is 45.7 Å². The van der Waals surface area contributed by atoms with Gasteiger partial charge >= 0.3 is 6.18 Å². The van der Waals surface area contributed by atoms with Crippen molar-refractivity contribution in [1.29, 1.82) is 0 Å². The Bertz CT molecular complexity index is 1390. The maximum Gasteiger partial charge on any atom is 0.416 e. The molecule has 1 N–H and O–H groups in total. The number of hydrogen-bond acceptors (Lipinski definition) is 7. The van der Waals surface area contributed by atoms with Crippen LogP contribution in [0.4, 0.5) is 18.3 Å². The van der Waals surface area contributed by atoms with Crippen molar-refractivity contribution in [3.63, 3.8) is 0 Å². The zero-order valence-electron chi connectivity index (χ0n) is 19.0. The van der Waals surface area contributed by atoms with Crippen molar-refractivity contribution in [2.45, 2.75) is 24.5 Å². The highest BCUT2D eigenvalue weighted by Gasteiger charge is 2.30. The highest BCUT2D eigenvalue weighted by Crippen LogP contribution is 2.31. The Balaban J connectivity index is 1.36. The summed E-state index contributed by atoms with van der Waals surface area (Å²) < 4.78 is 46.0. The van der Waals surface area contributed by atoms with Crippen LogP contribution >= 0.6 is 34.7 Å². The fraction of sp³-hybridized carbons (Fsp3) is 0.167. The third-order valence-electron chi connectivity index (χ3n) is 4.86. The zero-order valence-corrected chi connectivity index (χ0v) is 21.4. The third kappa shape index (κ3) is 7.12. The van der Waals surface area contributed by atoms with Gasteiger partial charge in [0.2, 0.25) is 5.91 Å². The fourth-order valence-electron chi connectivity index (χ4n) is 3.12. The summed E-state index contributed by atoms with van der Waals surface area (Å²) in [6.45, 7) is 3.93. The maximum atomic E-state index is 12.9. The lowest BCUT2D eigenvalue weighted by molar-refractivity contribution is -0.137. The first-order valence-corrected chi connectivity index (χ1v) is 12.9. The average Bonchev–Trinajstić information content (AvgIpc) is 3.49. The summed E-state index contributed by atoms with van der Waals surface area (Å²) >= 11 is 8.38. The smallest absolute Gasteiger partial charge is 0.416 e. The monoisotopic (exact) mass is 565 g/mol. The van der Waals surface area contributed by atoms with Gasteiger partial charge in [0.15, 0.2) is 16.1 Å². The second-order valence-electron chi connectivity index (χ2n) is 7.49. The number of rotatable bonds is 10. The Morgan fingerprint density at radius 1 is 1.22 bits per heavy atom. The number of allylic oxidation sites excluding steroid dienone is 1. The molecule has 0 aliphatic heterocycles. The van der Waals surface area contributed by atoms with Gasteiger partial charge in [-0.3, -0.25) is 9.36 Å². The number of carbonyl (C=O) groups excluding carboxylic acids is 1. The van der Waals surface area contributed by atoms with Crippen LogP contribution in [0.15, 0.2) is 71.7 Å². The first kappa shape index (κ1) is 26.7. The lowest BCUT2D eigenvalue weighted by Crippen LogP contribution is -2.15. The van der Waals surface area contributed by atoms with Gasteiger partial charge in [-0.25, -0.2) is 4.98 Å². The molecule has 4 aromatic rings. The van der Waals surface area contributed by atoms with Gasteiger partial charge in [0.05, 0.1) is 17.0 Å². The molecule has 7 nitrogen and oxygen atoms in total. The van der Waals surface area contributed by atoms with E-state index in [1.807, 2.05) is 17.5 Å². The number of aromatic nitrogens is 4. The summed E-state index contributed by atoms with van der Waals surface area (Å²) in [6, 6.07) is 11.8. The summed E-state index contributed by atoms with van der Waals surface area (Å²) in [6.07, 6.45) is -2.85. The van der Waals surface area contributed by atoms with Crippen molar-refractivity contribution in [2.75, 3.05) is 11.1 Å². The van der Waals surface area contributed by atoms with Gasteiger partial charge in [0, 0.05) is 22.5 Å². The first-order valence-electron chi connectivity index (χ1n) is 10.7. The maximum absolute atomic E-state index is 12.9. The molecule has 37 heavy (non-hydrogen) atoms. The van der Waals surface area contributed by atoms with E-state index in [1.54, 1.807) is 22.8 Å². The Morgan fingerprint density at radius 3 is 2.73 bits per heavy atom. The van der Waals surface area contributed by atoms with Gasteiger partial charge in [-0.2, -0.15) is 13.2 Å². The molecule has 0 saturated carbocycles.